The molecule has 166 valence electrons. The summed E-state index contributed by atoms with van der Waals surface area (Å²) < 4.78 is 5.29. The molecular weight excluding hydrogens is 471 g/mol. The van der Waals surface area contributed by atoms with Crippen LogP contribution < -0.4 is 10.1 Å². The van der Waals surface area contributed by atoms with Gasteiger partial charge in [0.2, 0.25) is 11.0 Å². The van der Waals surface area contributed by atoms with Crippen molar-refractivity contribution in [3.63, 3.8) is 0 Å². The Kier molecular flexibility index (Phi) is 6.93. The molecule has 1 saturated heterocycles. The largest absolute Gasteiger partial charge is 0.496 e. The van der Waals surface area contributed by atoms with Gasteiger partial charge in [-0.25, -0.2) is 0 Å². The molecule has 32 heavy (non-hydrogen) atoms. The van der Waals surface area contributed by atoms with E-state index in [4.69, 9.17) is 27.9 Å². The molecule has 1 aromatic heterocycles. The zero-order valence-electron chi connectivity index (χ0n) is 17.2. The van der Waals surface area contributed by atoms with Gasteiger partial charge in [-0.05, 0) is 37.1 Å². The molecule has 7 nitrogen and oxygen atoms in total. The Morgan fingerprint density at radius 2 is 1.88 bits per heavy atom. The minimum absolute atomic E-state index is 0.126. The van der Waals surface area contributed by atoms with Crippen LogP contribution in [0, 0.1) is 5.92 Å². The van der Waals surface area contributed by atoms with Gasteiger partial charge in [-0.15, -0.1) is 10.2 Å². The quantitative estimate of drug-likeness (QED) is 0.543. The first-order chi connectivity index (χ1) is 15.5. The number of hydrogen-bond acceptors (Lipinski definition) is 6. The van der Waals surface area contributed by atoms with E-state index in [1.165, 1.54) is 18.4 Å². The van der Waals surface area contributed by atoms with Gasteiger partial charge in [0.05, 0.1) is 17.7 Å². The van der Waals surface area contributed by atoms with Gasteiger partial charge in [0.15, 0.2) is 5.01 Å². The van der Waals surface area contributed by atoms with Gasteiger partial charge in [0.1, 0.15) is 5.75 Å². The van der Waals surface area contributed by atoms with E-state index < -0.39 is 0 Å². The van der Waals surface area contributed by atoms with Gasteiger partial charge in [0.25, 0.3) is 5.91 Å². The number of ether oxygens (including phenoxy) is 1. The lowest BCUT2D eigenvalue weighted by atomic mass is 9.95. The van der Waals surface area contributed by atoms with Crippen LogP contribution >= 0.6 is 34.5 Å². The molecule has 0 aliphatic carbocycles. The zero-order chi connectivity index (χ0) is 22.7. The molecular formula is C22H20Cl2N4O3S. The molecule has 3 aromatic rings. The molecule has 0 saturated carbocycles. The second kappa shape index (κ2) is 9.85. The molecule has 0 spiro atoms. The Balaban J connectivity index is 1.36. The predicted molar refractivity (Wildman–Crippen MR) is 126 cm³/mol. The minimum Gasteiger partial charge on any atom is -0.496 e. The van der Waals surface area contributed by atoms with Crippen LogP contribution in [-0.4, -0.2) is 47.1 Å². The van der Waals surface area contributed by atoms with Crippen molar-refractivity contribution in [3.05, 3.63) is 58.1 Å². The highest BCUT2D eigenvalue weighted by atomic mass is 35.5. The number of likely N-dealkylation sites (tertiary alicyclic amines) is 1. The summed E-state index contributed by atoms with van der Waals surface area (Å²) in [5.41, 5.74) is 1.19. The first-order valence-electron chi connectivity index (χ1n) is 9.98. The molecule has 1 N–H and O–H groups in total. The molecule has 2 amide bonds. The fourth-order valence-corrected chi connectivity index (χ4v) is 4.83. The average molecular weight is 491 g/mol. The summed E-state index contributed by atoms with van der Waals surface area (Å²) in [6.45, 7) is 0.932. The van der Waals surface area contributed by atoms with Crippen LogP contribution in [-0.2, 0) is 4.79 Å². The number of anilines is 1. The minimum atomic E-state index is -0.215. The SMILES string of the molecule is COc1ccc(Cl)cc1C(=O)N1CCC(C(=O)Nc2nnc(-c3ccccc3Cl)s2)CC1. The number of rotatable bonds is 5. The Bertz CT molecular complexity index is 1150. The summed E-state index contributed by atoms with van der Waals surface area (Å²) in [6.07, 6.45) is 1.10. The maximum absolute atomic E-state index is 12.9. The Hall–Kier alpha value is -2.68. The van der Waals surface area contributed by atoms with Gasteiger partial charge >= 0.3 is 0 Å². The number of piperidine rings is 1. The van der Waals surface area contributed by atoms with E-state index in [1.54, 1.807) is 29.2 Å². The van der Waals surface area contributed by atoms with E-state index in [-0.39, 0.29) is 17.7 Å². The van der Waals surface area contributed by atoms with Crippen LogP contribution in [0.15, 0.2) is 42.5 Å². The summed E-state index contributed by atoms with van der Waals surface area (Å²) in [5.74, 6) is -0.0196. The van der Waals surface area contributed by atoms with Crippen LogP contribution in [0.5, 0.6) is 5.75 Å². The molecule has 4 rings (SSSR count). The summed E-state index contributed by atoms with van der Waals surface area (Å²) in [5, 5.41) is 13.2. The van der Waals surface area contributed by atoms with Crippen LogP contribution in [0.1, 0.15) is 23.2 Å². The number of nitrogens with one attached hydrogen (secondary N) is 1. The number of halogens is 2. The van der Waals surface area contributed by atoms with Crippen molar-refractivity contribution in [1.29, 1.82) is 0 Å². The Morgan fingerprint density at radius 3 is 2.59 bits per heavy atom. The van der Waals surface area contributed by atoms with E-state index in [9.17, 15) is 9.59 Å². The van der Waals surface area contributed by atoms with Crippen molar-refractivity contribution < 1.29 is 14.3 Å². The number of aromatic nitrogens is 2. The second-order valence-electron chi connectivity index (χ2n) is 7.29. The third-order valence-corrected chi connectivity index (χ3v) is 6.74. The molecule has 0 bridgehead atoms. The second-order valence-corrected chi connectivity index (χ2v) is 9.11. The fourth-order valence-electron chi connectivity index (χ4n) is 3.59. The van der Waals surface area contributed by atoms with Crippen molar-refractivity contribution in [3.8, 4) is 16.3 Å². The van der Waals surface area contributed by atoms with Gasteiger partial charge in [0, 0.05) is 29.6 Å². The molecule has 2 heterocycles. The van der Waals surface area contributed by atoms with E-state index in [2.05, 4.69) is 15.5 Å². The smallest absolute Gasteiger partial charge is 0.257 e. The molecule has 1 fully saturated rings. The van der Waals surface area contributed by atoms with Crippen LogP contribution in [0.3, 0.4) is 0 Å². The summed E-state index contributed by atoms with van der Waals surface area (Å²) >= 11 is 13.5. The number of nitrogens with zero attached hydrogens (tertiary/aromatic N) is 3. The third-order valence-electron chi connectivity index (χ3n) is 5.30. The van der Waals surface area contributed by atoms with Crippen LogP contribution in [0.2, 0.25) is 10.0 Å². The standard InChI is InChI=1S/C22H20Cl2N4O3S/c1-31-18-7-6-14(23)12-16(18)21(30)28-10-8-13(9-11-28)19(29)25-22-27-26-20(32-22)15-4-2-3-5-17(15)24/h2-7,12-13H,8-11H2,1H3,(H,25,27,29). The maximum atomic E-state index is 12.9. The van der Waals surface area contributed by atoms with Gasteiger partial charge in [-0.2, -0.15) is 0 Å². The average Bonchev–Trinajstić information content (AvgIpc) is 3.27. The molecule has 0 unspecified atom stereocenters. The Morgan fingerprint density at radius 1 is 1.12 bits per heavy atom. The lowest BCUT2D eigenvalue weighted by Gasteiger charge is -2.31. The topological polar surface area (TPSA) is 84.4 Å². The monoisotopic (exact) mass is 490 g/mol. The van der Waals surface area contributed by atoms with Gasteiger partial charge < -0.3 is 15.0 Å². The normalized spacial score (nSPS) is 14.3. The van der Waals surface area contributed by atoms with Crippen LogP contribution in [0.25, 0.3) is 10.6 Å². The van der Waals surface area contributed by atoms with E-state index in [1.807, 2.05) is 18.2 Å². The highest BCUT2D eigenvalue weighted by molar-refractivity contribution is 7.18. The van der Waals surface area contributed by atoms with Crippen molar-refractivity contribution in [2.24, 2.45) is 5.92 Å². The van der Waals surface area contributed by atoms with E-state index in [0.29, 0.717) is 57.4 Å². The number of carbonyl (C=O) groups excluding carboxylic acids is 2. The highest BCUT2D eigenvalue weighted by Crippen LogP contribution is 2.32. The summed E-state index contributed by atoms with van der Waals surface area (Å²) in [7, 11) is 1.52. The van der Waals surface area contributed by atoms with Gasteiger partial charge in [-0.3, -0.25) is 9.59 Å². The summed E-state index contributed by atoms with van der Waals surface area (Å²) in [4.78, 5) is 27.4. The predicted octanol–water partition coefficient (Wildman–Crippen LogP) is 5.01. The molecule has 0 atom stereocenters. The highest BCUT2D eigenvalue weighted by Gasteiger charge is 2.29. The van der Waals surface area contributed by atoms with Crippen molar-refractivity contribution in [2.75, 3.05) is 25.5 Å². The van der Waals surface area contributed by atoms with Crippen molar-refractivity contribution >= 4 is 51.5 Å². The fraction of sp³-hybridized carbons (Fsp3) is 0.273. The lowest BCUT2D eigenvalue weighted by molar-refractivity contribution is -0.121. The molecule has 1 aliphatic rings. The lowest BCUT2D eigenvalue weighted by Crippen LogP contribution is -2.41. The summed E-state index contributed by atoms with van der Waals surface area (Å²) in [6, 6.07) is 12.3. The maximum Gasteiger partial charge on any atom is 0.257 e. The number of methoxy groups -OCH3 is 1. The number of hydrogen-bond donors (Lipinski definition) is 1. The van der Waals surface area contributed by atoms with Crippen molar-refractivity contribution in [1.82, 2.24) is 15.1 Å². The number of amides is 2. The first-order valence-corrected chi connectivity index (χ1v) is 11.6. The Labute approximate surface area is 199 Å². The van der Waals surface area contributed by atoms with Crippen molar-refractivity contribution in [2.45, 2.75) is 12.8 Å². The molecule has 2 aromatic carbocycles. The number of benzene rings is 2. The van der Waals surface area contributed by atoms with Crippen LogP contribution in [0.4, 0.5) is 5.13 Å². The molecule has 1 aliphatic heterocycles. The zero-order valence-corrected chi connectivity index (χ0v) is 19.5. The van der Waals surface area contributed by atoms with Gasteiger partial charge in [-0.1, -0.05) is 52.7 Å². The number of carbonyl (C=O) groups is 2. The third kappa shape index (κ3) is 4.87. The van der Waals surface area contributed by atoms with E-state index >= 15 is 0 Å². The van der Waals surface area contributed by atoms with E-state index in [0.717, 1.165) is 5.56 Å². The first kappa shape index (κ1) is 22.5. The molecule has 0 radical (unpaired) electrons. The molecule has 10 heteroatoms.